The number of aryl methyl sites for hydroxylation is 1. The Morgan fingerprint density at radius 2 is 1.76 bits per heavy atom. The lowest BCUT2D eigenvalue weighted by atomic mass is 10.1. The minimum absolute atomic E-state index is 0.339. The van der Waals surface area contributed by atoms with Gasteiger partial charge in [0.25, 0.3) is 0 Å². The molecule has 178 valence electrons. The number of hydrogen-bond donors (Lipinski definition) is 1. The summed E-state index contributed by atoms with van der Waals surface area (Å²) >= 11 is 6.08. The van der Waals surface area contributed by atoms with Gasteiger partial charge in [0.1, 0.15) is 5.75 Å². The molecule has 1 aromatic heterocycles. The van der Waals surface area contributed by atoms with E-state index < -0.39 is 0 Å². The predicted octanol–water partition coefficient (Wildman–Crippen LogP) is 6.64. The third-order valence-electron chi connectivity index (χ3n) is 5.53. The van der Waals surface area contributed by atoms with Crippen LogP contribution in [-0.4, -0.2) is 39.0 Å². The molecule has 0 amide bonds. The first-order valence-electron chi connectivity index (χ1n) is 11.8. The van der Waals surface area contributed by atoms with Crippen molar-refractivity contribution in [2.75, 3.05) is 13.1 Å². The van der Waals surface area contributed by atoms with Gasteiger partial charge in [-0.25, -0.2) is 4.68 Å². The molecule has 0 saturated heterocycles. The van der Waals surface area contributed by atoms with E-state index in [-0.39, 0.29) is 6.10 Å². The molecule has 0 aliphatic rings. The maximum absolute atomic E-state index is 10.6. The number of aliphatic hydroxyl groups excluding tert-OH is 1. The molecule has 0 spiro atoms. The molecule has 0 radical (unpaired) electrons. The summed E-state index contributed by atoms with van der Waals surface area (Å²) in [5.41, 5.74) is 2.88. The number of unbranched alkanes of at least 4 members (excludes halogenated alkanes) is 1. The molecule has 2 aromatic carbocycles. The van der Waals surface area contributed by atoms with Crippen LogP contribution in [0.25, 0.3) is 5.69 Å². The Morgan fingerprint density at radius 1 is 1.06 bits per heavy atom. The fourth-order valence-electron chi connectivity index (χ4n) is 3.96. The van der Waals surface area contributed by atoms with E-state index in [0.717, 1.165) is 42.8 Å². The first kappa shape index (κ1) is 25.3. The van der Waals surface area contributed by atoms with Crippen LogP contribution in [0.15, 0.2) is 54.6 Å². The predicted molar refractivity (Wildman–Crippen MR) is 135 cm³/mol. The highest BCUT2D eigenvalue weighted by atomic mass is 35.5. The van der Waals surface area contributed by atoms with Crippen molar-refractivity contribution in [3.63, 3.8) is 0 Å². The number of ether oxygens (including phenoxy) is 1. The SMILES string of the molecule is CCCC[C@@H](O)CN(Cc1c(C)nn(-c2ccccc2)c1Oc1ccc(Cl)cc1)CC(C)C. The summed E-state index contributed by atoms with van der Waals surface area (Å²) in [6.07, 6.45) is 2.60. The monoisotopic (exact) mass is 469 g/mol. The van der Waals surface area contributed by atoms with Crippen molar-refractivity contribution in [2.45, 2.75) is 59.6 Å². The van der Waals surface area contributed by atoms with Crippen molar-refractivity contribution in [2.24, 2.45) is 5.92 Å². The molecular formula is C27H36ClN3O2. The lowest BCUT2D eigenvalue weighted by Gasteiger charge is -2.27. The van der Waals surface area contributed by atoms with Crippen molar-refractivity contribution in [1.82, 2.24) is 14.7 Å². The van der Waals surface area contributed by atoms with E-state index in [0.29, 0.717) is 35.7 Å². The van der Waals surface area contributed by atoms with Crippen LogP contribution in [0.3, 0.4) is 0 Å². The van der Waals surface area contributed by atoms with Gasteiger partial charge in [-0.05, 0) is 55.7 Å². The van der Waals surface area contributed by atoms with Gasteiger partial charge >= 0.3 is 0 Å². The Labute approximate surface area is 203 Å². The molecule has 0 unspecified atom stereocenters. The lowest BCUT2D eigenvalue weighted by Crippen LogP contribution is -2.35. The molecule has 0 bridgehead atoms. The number of rotatable bonds is 12. The maximum atomic E-state index is 10.6. The molecule has 0 aliphatic heterocycles. The molecule has 1 atom stereocenters. The summed E-state index contributed by atoms with van der Waals surface area (Å²) in [7, 11) is 0. The van der Waals surface area contributed by atoms with Gasteiger partial charge in [-0.2, -0.15) is 5.10 Å². The topological polar surface area (TPSA) is 50.5 Å². The van der Waals surface area contributed by atoms with Crippen molar-refractivity contribution < 1.29 is 9.84 Å². The summed E-state index contributed by atoms with van der Waals surface area (Å²) in [6.45, 7) is 10.8. The van der Waals surface area contributed by atoms with Gasteiger partial charge in [0.05, 0.1) is 23.0 Å². The van der Waals surface area contributed by atoms with Gasteiger partial charge in [0.15, 0.2) is 0 Å². The van der Waals surface area contributed by atoms with Gasteiger partial charge in [0.2, 0.25) is 5.88 Å². The van der Waals surface area contributed by atoms with Crippen molar-refractivity contribution in [3.05, 3.63) is 70.9 Å². The number of hydrogen-bond acceptors (Lipinski definition) is 4. The number of aromatic nitrogens is 2. The Morgan fingerprint density at radius 3 is 2.39 bits per heavy atom. The average Bonchev–Trinajstić information content (AvgIpc) is 3.09. The zero-order valence-electron chi connectivity index (χ0n) is 20.2. The van der Waals surface area contributed by atoms with Gasteiger partial charge in [-0.15, -0.1) is 0 Å². The number of halogens is 1. The number of benzene rings is 2. The Balaban J connectivity index is 1.96. The van der Waals surface area contributed by atoms with Crippen LogP contribution in [0.4, 0.5) is 0 Å². The zero-order chi connectivity index (χ0) is 23.8. The van der Waals surface area contributed by atoms with Crippen LogP contribution in [0.2, 0.25) is 5.02 Å². The second-order valence-corrected chi connectivity index (χ2v) is 9.49. The summed E-state index contributed by atoms with van der Waals surface area (Å²) in [4.78, 5) is 2.32. The number of aliphatic hydroxyl groups is 1. The quantitative estimate of drug-likeness (QED) is 0.323. The fourth-order valence-corrected chi connectivity index (χ4v) is 4.08. The fraction of sp³-hybridized carbons (Fsp3) is 0.444. The van der Waals surface area contributed by atoms with E-state index in [9.17, 15) is 5.11 Å². The molecule has 0 fully saturated rings. The first-order chi connectivity index (χ1) is 15.9. The van der Waals surface area contributed by atoms with Crippen molar-refractivity contribution in [3.8, 4) is 17.3 Å². The Kier molecular flexibility index (Phi) is 9.36. The van der Waals surface area contributed by atoms with Crippen molar-refractivity contribution in [1.29, 1.82) is 0 Å². The third kappa shape index (κ3) is 7.32. The molecule has 5 nitrogen and oxygen atoms in total. The molecule has 3 rings (SSSR count). The minimum atomic E-state index is -0.339. The van der Waals surface area contributed by atoms with E-state index >= 15 is 0 Å². The first-order valence-corrected chi connectivity index (χ1v) is 12.2. The average molecular weight is 470 g/mol. The number of para-hydroxylation sites is 1. The second-order valence-electron chi connectivity index (χ2n) is 9.06. The molecule has 1 heterocycles. The summed E-state index contributed by atoms with van der Waals surface area (Å²) < 4.78 is 8.26. The van der Waals surface area contributed by atoms with Gasteiger partial charge < -0.3 is 9.84 Å². The van der Waals surface area contributed by atoms with E-state index in [1.54, 1.807) is 0 Å². The summed E-state index contributed by atoms with van der Waals surface area (Å²) in [6, 6.07) is 17.4. The molecule has 0 aliphatic carbocycles. The summed E-state index contributed by atoms with van der Waals surface area (Å²) in [5, 5.41) is 16.1. The van der Waals surface area contributed by atoms with Gasteiger partial charge in [0, 0.05) is 24.7 Å². The van der Waals surface area contributed by atoms with Crippen LogP contribution in [0.1, 0.15) is 51.3 Å². The van der Waals surface area contributed by atoms with Crippen LogP contribution >= 0.6 is 11.6 Å². The Bertz CT molecular complexity index is 987. The molecule has 3 aromatic rings. The van der Waals surface area contributed by atoms with Gasteiger partial charge in [-0.1, -0.05) is 63.4 Å². The lowest BCUT2D eigenvalue weighted by molar-refractivity contribution is 0.0927. The molecule has 1 N–H and O–H groups in total. The normalized spacial score (nSPS) is 12.5. The highest BCUT2D eigenvalue weighted by Gasteiger charge is 2.23. The molecular weight excluding hydrogens is 434 g/mol. The zero-order valence-corrected chi connectivity index (χ0v) is 20.9. The highest BCUT2D eigenvalue weighted by Crippen LogP contribution is 2.32. The molecule has 33 heavy (non-hydrogen) atoms. The summed E-state index contributed by atoms with van der Waals surface area (Å²) in [5.74, 6) is 1.88. The van der Waals surface area contributed by atoms with E-state index in [1.165, 1.54) is 0 Å². The standard InChI is InChI=1S/C27H36ClN3O2/c1-5-6-12-24(32)18-30(17-20(2)3)19-26-21(4)29-31(23-10-8-7-9-11-23)27(26)33-25-15-13-22(28)14-16-25/h7-11,13-16,20,24,32H,5-6,12,17-19H2,1-4H3/t24-/m1/s1. The highest BCUT2D eigenvalue weighted by molar-refractivity contribution is 6.30. The molecule has 0 saturated carbocycles. The second kappa shape index (κ2) is 12.2. The third-order valence-corrected chi connectivity index (χ3v) is 5.78. The van der Waals surface area contributed by atoms with E-state index in [1.807, 2.05) is 66.2 Å². The van der Waals surface area contributed by atoms with Crippen LogP contribution in [0.5, 0.6) is 11.6 Å². The van der Waals surface area contributed by atoms with Crippen LogP contribution < -0.4 is 4.74 Å². The van der Waals surface area contributed by atoms with E-state index in [2.05, 4.69) is 25.7 Å². The smallest absolute Gasteiger partial charge is 0.227 e. The maximum Gasteiger partial charge on any atom is 0.227 e. The van der Waals surface area contributed by atoms with Crippen LogP contribution in [-0.2, 0) is 6.54 Å². The number of nitrogens with zero attached hydrogens (tertiary/aromatic N) is 3. The Hall–Kier alpha value is -2.34. The van der Waals surface area contributed by atoms with Gasteiger partial charge in [-0.3, -0.25) is 4.90 Å². The van der Waals surface area contributed by atoms with E-state index in [4.69, 9.17) is 21.4 Å². The minimum Gasteiger partial charge on any atom is -0.439 e. The van der Waals surface area contributed by atoms with Crippen LogP contribution in [0, 0.1) is 12.8 Å². The largest absolute Gasteiger partial charge is 0.439 e. The van der Waals surface area contributed by atoms with Crippen molar-refractivity contribution >= 4 is 11.6 Å². The molecule has 6 heteroatoms.